The highest BCUT2D eigenvalue weighted by Gasteiger charge is 2.29. The summed E-state index contributed by atoms with van der Waals surface area (Å²) < 4.78 is 24.2. The molecule has 1 saturated carbocycles. The van der Waals surface area contributed by atoms with Crippen molar-refractivity contribution < 1.29 is 13.2 Å². The van der Waals surface area contributed by atoms with Crippen LogP contribution in [0.5, 0.6) is 0 Å². The highest BCUT2D eigenvalue weighted by Crippen LogP contribution is 2.37. The molecule has 1 fully saturated rings. The Bertz CT molecular complexity index is 543. The molecule has 0 aromatic carbocycles. The average Bonchev–Trinajstić information content (AvgIpc) is 2.95. The Hall–Kier alpha value is -1.34. The van der Waals surface area contributed by atoms with Crippen LogP contribution in [0.25, 0.3) is 0 Å². The molecule has 1 amide bonds. The number of carbonyl (C=O) groups excluding carboxylic acids is 1. The van der Waals surface area contributed by atoms with Gasteiger partial charge >= 0.3 is 0 Å². The smallest absolute Gasteiger partial charge is 0.267 e. The molecular weight excluding hydrogens is 242 g/mol. The van der Waals surface area contributed by atoms with Crippen LogP contribution in [0, 0.1) is 0 Å². The van der Waals surface area contributed by atoms with E-state index in [2.05, 4.69) is 5.32 Å². The minimum Gasteiger partial charge on any atom is -0.351 e. The number of aromatic nitrogens is 1. The van der Waals surface area contributed by atoms with Gasteiger partial charge in [-0.1, -0.05) is 0 Å². The molecule has 0 unspecified atom stereocenters. The summed E-state index contributed by atoms with van der Waals surface area (Å²) >= 11 is 0. The van der Waals surface area contributed by atoms with E-state index in [0.717, 1.165) is 12.8 Å². The van der Waals surface area contributed by atoms with E-state index in [1.807, 2.05) is 6.92 Å². The Kier molecular flexibility index (Phi) is 2.96. The molecule has 1 aliphatic rings. The predicted octanol–water partition coefficient (Wildman–Crippen LogP) is 0.220. The molecule has 0 saturated heterocycles. The highest BCUT2D eigenvalue weighted by atomic mass is 32.2. The summed E-state index contributed by atoms with van der Waals surface area (Å²) in [6.45, 7) is 2.31. The third-order valence-corrected chi connectivity index (χ3v) is 3.54. The lowest BCUT2D eigenvalue weighted by Gasteiger charge is -2.06. The van der Waals surface area contributed by atoms with Crippen LogP contribution in [0.3, 0.4) is 0 Å². The zero-order chi connectivity index (χ0) is 12.6. The normalized spacial score (nSPS) is 15.9. The Morgan fingerprint density at radius 3 is 2.71 bits per heavy atom. The van der Waals surface area contributed by atoms with Crippen LogP contribution in [-0.2, 0) is 10.0 Å². The van der Waals surface area contributed by atoms with E-state index in [9.17, 15) is 13.2 Å². The maximum Gasteiger partial charge on any atom is 0.267 e. The van der Waals surface area contributed by atoms with Gasteiger partial charge in [0.2, 0.25) is 10.0 Å². The van der Waals surface area contributed by atoms with Crippen LogP contribution in [0.15, 0.2) is 17.2 Å². The first-order chi connectivity index (χ1) is 7.93. The summed E-state index contributed by atoms with van der Waals surface area (Å²) in [5, 5.41) is 7.72. The Labute approximate surface area is 99.8 Å². The van der Waals surface area contributed by atoms with Crippen LogP contribution in [0.4, 0.5) is 0 Å². The number of hydrogen-bond donors (Lipinski definition) is 2. The Balaban J connectivity index is 2.42. The summed E-state index contributed by atoms with van der Waals surface area (Å²) in [6.07, 6.45) is 3.37. The van der Waals surface area contributed by atoms with Gasteiger partial charge in [-0.3, -0.25) is 4.79 Å². The molecule has 7 heteroatoms. The van der Waals surface area contributed by atoms with Gasteiger partial charge in [0.15, 0.2) is 0 Å². The molecule has 94 valence electrons. The third kappa shape index (κ3) is 2.50. The number of hydrogen-bond acceptors (Lipinski definition) is 3. The van der Waals surface area contributed by atoms with Crippen molar-refractivity contribution in [1.29, 1.82) is 0 Å². The van der Waals surface area contributed by atoms with Gasteiger partial charge in [0.05, 0.1) is 0 Å². The van der Waals surface area contributed by atoms with Crippen molar-refractivity contribution in [3.63, 3.8) is 0 Å². The molecule has 0 radical (unpaired) electrons. The first kappa shape index (κ1) is 12.1. The summed E-state index contributed by atoms with van der Waals surface area (Å²) in [6, 6.07) is 1.56. The quantitative estimate of drug-likeness (QED) is 0.807. The summed E-state index contributed by atoms with van der Waals surface area (Å²) in [5.74, 6) is -0.269. The van der Waals surface area contributed by atoms with Gasteiger partial charge < -0.3 is 9.88 Å². The molecule has 2 rings (SSSR count). The number of amides is 1. The Morgan fingerprint density at radius 2 is 2.24 bits per heavy atom. The maximum absolute atomic E-state index is 11.8. The number of nitrogens with one attached hydrogen (secondary N) is 1. The molecule has 0 atom stereocenters. The van der Waals surface area contributed by atoms with Crippen LogP contribution >= 0.6 is 0 Å². The lowest BCUT2D eigenvalue weighted by atomic mass is 10.4. The van der Waals surface area contributed by atoms with E-state index >= 15 is 0 Å². The molecule has 0 bridgehead atoms. The molecule has 1 aromatic rings. The Morgan fingerprint density at radius 1 is 1.59 bits per heavy atom. The van der Waals surface area contributed by atoms with Gasteiger partial charge in [0.1, 0.15) is 10.6 Å². The molecule has 1 heterocycles. The lowest BCUT2D eigenvalue weighted by Crippen LogP contribution is -2.25. The molecule has 6 nitrogen and oxygen atoms in total. The number of carbonyl (C=O) groups is 1. The van der Waals surface area contributed by atoms with E-state index < -0.39 is 10.0 Å². The van der Waals surface area contributed by atoms with E-state index in [0.29, 0.717) is 12.2 Å². The van der Waals surface area contributed by atoms with Gasteiger partial charge in [-0.25, -0.2) is 13.6 Å². The van der Waals surface area contributed by atoms with E-state index in [1.54, 1.807) is 4.57 Å². The van der Waals surface area contributed by atoms with E-state index in [-0.39, 0.29) is 16.8 Å². The topological polar surface area (TPSA) is 94.2 Å². The minimum absolute atomic E-state index is 0.00865. The number of nitrogens with two attached hydrogens (primary N) is 1. The largest absolute Gasteiger partial charge is 0.351 e. The van der Waals surface area contributed by atoms with E-state index in [1.165, 1.54) is 12.3 Å². The first-order valence-electron chi connectivity index (χ1n) is 5.46. The second kappa shape index (κ2) is 4.15. The molecule has 17 heavy (non-hydrogen) atoms. The maximum atomic E-state index is 11.8. The summed E-state index contributed by atoms with van der Waals surface area (Å²) in [7, 11) is -3.76. The summed E-state index contributed by atoms with van der Waals surface area (Å²) in [5.41, 5.74) is 0.360. The van der Waals surface area contributed by atoms with E-state index in [4.69, 9.17) is 5.14 Å². The fourth-order valence-electron chi connectivity index (χ4n) is 1.70. The monoisotopic (exact) mass is 257 g/mol. The van der Waals surface area contributed by atoms with Crippen molar-refractivity contribution in [1.82, 2.24) is 9.88 Å². The second-order valence-electron chi connectivity index (χ2n) is 4.10. The predicted molar refractivity (Wildman–Crippen MR) is 62.1 cm³/mol. The second-order valence-corrected chi connectivity index (χ2v) is 5.67. The van der Waals surface area contributed by atoms with Crippen molar-refractivity contribution in [2.75, 3.05) is 6.54 Å². The molecule has 0 spiro atoms. The number of rotatable bonds is 4. The van der Waals surface area contributed by atoms with Gasteiger partial charge in [-0.15, -0.1) is 0 Å². The first-order valence-corrected chi connectivity index (χ1v) is 7.01. The standard InChI is InChI=1S/C10H15N3O3S/c1-2-12-10(14)9-5-8(17(11,15)16)6-13(9)7-3-4-7/h5-7H,2-4H2,1H3,(H,12,14)(H2,11,15,16). The van der Waals surface area contributed by atoms with Crippen molar-refractivity contribution in [3.05, 3.63) is 18.0 Å². The molecule has 1 aliphatic carbocycles. The van der Waals surface area contributed by atoms with Crippen molar-refractivity contribution in [2.24, 2.45) is 5.14 Å². The van der Waals surface area contributed by atoms with Crippen LogP contribution in [0.1, 0.15) is 36.3 Å². The fraction of sp³-hybridized carbons (Fsp3) is 0.500. The van der Waals surface area contributed by atoms with Crippen LogP contribution in [0.2, 0.25) is 0 Å². The zero-order valence-electron chi connectivity index (χ0n) is 9.51. The molecular formula is C10H15N3O3S. The average molecular weight is 257 g/mol. The fourth-order valence-corrected chi connectivity index (χ4v) is 2.23. The summed E-state index contributed by atoms with van der Waals surface area (Å²) in [4.78, 5) is 11.8. The minimum atomic E-state index is -3.76. The molecule has 1 aromatic heterocycles. The van der Waals surface area contributed by atoms with Gasteiger partial charge in [-0.05, 0) is 25.8 Å². The van der Waals surface area contributed by atoms with Gasteiger partial charge in [0.25, 0.3) is 5.91 Å². The number of sulfonamides is 1. The third-order valence-electron chi connectivity index (χ3n) is 2.66. The van der Waals surface area contributed by atoms with Gasteiger partial charge in [0, 0.05) is 18.8 Å². The highest BCUT2D eigenvalue weighted by molar-refractivity contribution is 7.89. The van der Waals surface area contributed by atoms with Crippen molar-refractivity contribution in [2.45, 2.75) is 30.7 Å². The SMILES string of the molecule is CCNC(=O)c1cc(S(N)(=O)=O)cn1C1CC1. The number of nitrogens with zero attached hydrogens (tertiary/aromatic N) is 1. The van der Waals surface area contributed by atoms with Gasteiger partial charge in [-0.2, -0.15) is 0 Å². The van der Waals surface area contributed by atoms with Crippen LogP contribution in [-0.4, -0.2) is 25.4 Å². The molecule has 3 N–H and O–H groups in total. The molecule has 0 aliphatic heterocycles. The van der Waals surface area contributed by atoms with Crippen molar-refractivity contribution >= 4 is 15.9 Å². The zero-order valence-corrected chi connectivity index (χ0v) is 10.3. The van der Waals surface area contributed by atoms with Crippen molar-refractivity contribution in [3.8, 4) is 0 Å². The lowest BCUT2D eigenvalue weighted by molar-refractivity contribution is 0.0946. The number of primary sulfonamides is 1. The van der Waals surface area contributed by atoms with Crippen LogP contribution < -0.4 is 10.5 Å².